The van der Waals surface area contributed by atoms with Crippen LogP contribution in [0.1, 0.15) is 164 Å². The van der Waals surface area contributed by atoms with Gasteiger partial charge < -0.3 is 19.7 Å². The van der Waals surface area contributed by atoms with Gasteiger partial charge in [-0.1, -0.05) is 168 Å². The van der Waals surface area contributed by atoms with E-state index in [1.807, 2.05) is 91.8 Å². The first kappa shape index (κ1) is 65.7. The van der Waals surface area contributed by atoms with E-state index in [2.05, 4.69) is 116 Å². The van der Waals surface area contributed by atoms with Crippen LogP contribution in [0.3, 0.4) is 0 Å². The van der Waals surface area contributed by atoms with Crippen molar-refractivity contribution in [1.82, 2.24) is 0 Å². The predicted octanol–water partition coefficient (Wildman–Crippen LogP) is 16.0. The van der Waals surface area contributed by atoms with Crippen LogP contribution in [0.25, 0.3) is 22.3 Å². The molecule has 0 fully saturated rings. The summed E-state index contributed by atoms with van der Waals surface area (Å²) in [5, 5.41) is 20.7. The van der Waals surface area contributed by atoms with Crippen LogP contribution in [-0.4, -0.2) is 47.9 Å². The SMILES string of the molecule is CCc1ccc(-c2ccc(C(CC)(CC)c3ccc(OCC(O)C(C)(C)C)c(C)c3)cc2C)cc1F.CCc1ccc(-c2ccc(C(CC)(CC)c3ccc(OCC(O)C(C)(C)C)c(C)c3)cc2C)cc1F.O=C=O.O=C=O. The van der Waals surface area contributed by atoms with Crippen LogP contribution in [0.5, 0.6) is 11.5 Å². The van der Waals surface area contributed by atoms with Crippen molar-refractivity contribution in [3.05, 3.63) is 176 Å². The highest BCUT2D eigenvalue weighted by Crippen LogP contribution is 2.44. The van der Waals surface area contributed by atoms with Gasteiger partial charge in [0.1, 0.15) is 36.3 Å². The molecule has 2 N–H and O–H groups in total. The number of aliphatic hydroxyl groups is 2. The van der Waals surface area contributed by atoms with E-state index in [0.717, 1.165) is 92.8 Å². The fourth-order valence-corrected chi connectivity index (χ4v) is 10.1. The van der Waals surface area contributed by atoms with Crippen molar-refractivity contribution in [3.8, 4) is 33.8 Å². The van der Waals surface area contributed by atoms with Gasteiger partial charge in [0, 0.05) is 10.8 Å². The van der Waals surface area contributed by atoms with Crippen molar-refractivity contribution >= 4 is 12.3 Å². The molecule has 0 amide bonds. The molecule has 420 valence electrons. The molecule has 0 aliphatic heterocycles. The molecular formula is C68H86F2O8. The van der Waals surface area contributed by atoms with E-state index in [1.165, 1.54) is 22.3 Å². The van der Waals surface area contributed by atoms with Crippen LogP contribution in [0.4, 0.5) is 8.78 Å². The van der Waals surface area contributed by atoms with E-state index < -0.39 is 12.2 Å². The average molecular weight is 1070 g/mol. The highest BCUT2D eigenvalue weighted by Gasteiger charge is 2.34. The Morgan fingerprint density at radius 1 is 0.436 bits per heavy atom. The number of hydrogen-bond acceptors (Lipinski definition) is 8. The Balaban J connectivity index is 0.000000373. The predicted molar refractivity (Wildman–Crippen MR) is 309 cm³/mol. The third-order valence-corrected chi connectivity index (χ3v) is 15.7. The van der Waals surface area contributed by atoms with Crippen molar-refractivity contribution in [2.45, 2.75) is 172 Å². The third kappa shape index (κ3) is 16.3. The smallest absolute Gasteiger partial charge is 0.373 e. The Labute approximate surface area is 464 Å². The first-order valence-electron chi connectivity index (χ1n) is 27.4. The summed E-state index contributed by atoms with van der Waals surface area (Å²) in [5.74, 6) is 1.35. The summed E-state index contributed by atoms with van der Waals surface area (Å²) in [6.07, 6.45) is 4.68. The maximum Gasteiger partial charge on any atom is 0.373 e. The molecule has 6 aromatic rings. The molecule has 0 spiro atoms. The lowest BCUT2D eigenvalue weighted by atomic mass is 9.69. The van der Waals surface area contributed by atoms with Gasteiger partial charge in [-0.2, -0.15) is 19.2 Å². The van der Waals surface area contributed by atoms with Gasteiger partial charge in [-0.05, 0) is 179 Å². The third-order valence-electron chi connectivity index (χ3n) is 15.7. The van der Waals surface area contributed by atoms with Crippen LogP contribution >= 0.6 is 0 Å². The number of hydrogen-bond donors (Lipinski definition) is 2. The summed E-state index contributed by atoms with van der Waals surface area (Å²) in [6.45, 7) is 33.9. The van der Waals surface area contributed by atoms with Gasteiger partial charge in [-0.25, -0.2) is 8.78 Å². The number of carbonyl (C=O) groups excluding carboxylic acids is 4. The minimum absolute atomic E-state index is 0.130. The summed E-state index contributed by atoms with van der Waals surface area (Å²) in [6, 6.07) is 37.3. The molecule has 8 nitrogen and oxygen atoms in total. The van der Waals surface area contributed by atoms with Crippen LogP contribution in [-0.2, 0) is 42.8 Å². The van der Waals surface area contributed by atoms with Gasteiger partial charge in [0.2, 0.25) is 0 Å². The first-order chi connectivity index (χ1) is 36.8. The number of aryl methyl sites for hydroxylation is 6. The number of halogens is 2. The maximum absolute atomic E-state index is 14.5. The van der Waals surface area contributed by atoms with E-state index in [1.54, 1.807) is 12.1 Å². The van der Waals surface area contributed by atoms with E-state index in [-0.39, 0.29) is 58.8 Å². The van der Waals surface area contributed by atoms with Gasteiger partial charge in [-0.15, -0.1) is 0 Å². The molecule has 0 radical (unpaired) electrons. The zero-order chi connectivity index (χ0) is 58.8. The first-order valence-corrected chi connectivity index (χ1v) is 27.4. The summed E-state index contributed by atoms with van der Waals surface area (Å²) in [5.41, 5.74) is 14.3. The second-order valence-electron chi connectivity index (χ2n) is 22.5. The molecule has 0 saturated heterocycles. The zero-order valence-corrected chi connectivity index (χ0v) is 49.3. The molecule has 10 heteroatoms. The minimum Gasteiger partial charge on any atom is -0.491 e. The van der Waals surface area contributed by atoms with Gasteiger partial charge in [-0.3, -0.25) is 0 Å². The van der Waals surface area contributed by atoms with E-state index in [9.17, 15) is 19.0 Å². The molecular weight excluding hydrogens is 983 g/mol. The monoisotopic (exact) mass is 1070 g/mol. The normalized spacial score (nSPS) is 12.3. The minimum atomic E-state index is -0.532. The van der Waals surface area contributed by atoms with E-state index in [0.29, 0.717) is 12.8 Å². The van der Waals surface area contributed by atoms with Gasteiger partial charge in [0.25, 0.3) is 0 Å². The van der Waals surface area contributed by atoms with Crippen LogP contribution < -0.4 is 9.47 Å². The Morgan fingerprint density at radius 2 is 0.718 bits per heavy atom. The maximum atomic E-state index is 14.5. The van der Waals surface area contributed by atoms with Crippen LogP contribution in [0.15, 0.2) is 109 Å². The van der Waals surface area contributed by atoms with Crippen LogP contribution in [0, 0.1) is 50.2 Å². The molecule has 0 heterocycles. The zero-order valence-electron chi connectivity index (χ0n) is 49.3. The lowest BCUT2D eigenvalue weighted by Gasteiger charge is -2.34. The van der Waals surface area contributed by atoms with Gasteiger partial charge >= 0.3 is 12.3 Å². The quantitative estimate of drug-likeness (QED) is 0.0871. The second kappa shape index (κ2) is 29.4. The fraction of sp³-hybridized carbons (Fsp3) is 0.441. The van der Waals surface area contributed by atoms with E-state index >= 15 is 0 Å². The molecule has 0 bridgehead atoms. The standard InChI is InChI=1S/2C33H43FO2.2CO2/c2*1-9-24-12-13-25(20-29(24)34)28-16-14-26(18-22(28)4)33(10-2,11-3)27-15-17-30(23(5)19-27)36-21-31(35)32(6,7)8;2*2-1-3/h2*12-20,31,35H,9-11,21H2,1-8H3;;. The fourth-order valence-electron chi connectivity index (χ4n) is 10.1. The Kier molecular flexibility index (Phi) is 24.8. The Bertz CT molecular complexity index is 2760. The molecule has 78 heavy (non-hydrogen) atoms. The second-order valence-corrected chi connectivity index (χ2v) is 22.5. The van der Waals surface area contributed by atoms with Crippen LogP contribution in [0.2, 0.25) is 0 Å². The summed E-state index contributed by atoms with van der Waals surface area (Å²) >= 11 is 0. The molecule has 0 aliphatic rings. The molecule has 0 saturated carbocycles. The Hall–Kier alpha value is -6.54. The lowest BCUT2D eigenvalue weighted by Crippen LogP contribution is -2.32. The average Bonchev–Trinajstić information content (AvgIpc) is 3.39. The van der Waals surface area contributed by atoms with Crippen molar-refractivity contribution in [1.29, 1.82) is 0 Å². The van der Waals surface area contributed by atoms with Gasteiger partial charge in [0.15, 0.2) is 0 Å². The van der Waals surface area contributed by atoms with Gasteiger partial charge in [0.05, 0.1) is 12.2 Å². The number of ether oxygens (including phenoxy) is 2. The topological polar surface area (TPSA) is 127 Å². The van der Waals surface area contributed by atoms with Crippen molar-refractivity contribution in [2.24, 2.45) is 10.8 Å². The molecule has 2 atom stereocenters. The summed E-state index contributed by atoms with van der Waals surface area (Å²) < 4.78 is 40.9. The molecule has 2 unspecified atom stereocenters. The highest BCUT2D eigenvalue weighted by atomic mass is 19.1. The van der Waals surface area contributed by atoms with E-state index in [4.69, 9.17) is 28.7 Å². The summed E-state index contributed by atoms with van der Waals surface area (Å²) in [4.78, 5) is 32.5. The number of aliphatic hydroxyl groups excluding tert-OH is 2. The largest absolute Gasteiger partial charge is 0.491 e. The summed E-state index contributed by atoms with van der Waals surface area (Å²) in [7, 11) is 0. The molecule has 0 aromatic heterocycles. The Morgan fingerprint density at radius 3 is 0.949 bits per heavy atom. The molecule has 6 rings (SSSR count). The van der Waals surface area contributed by atoms with Crippen molar-refractivity contribution in [3.63, 3.8) is 0 Å². The van der Waals surface area contributed by atoms with Crippen molar-refractivity contribution in [2.75, 3.05) is 13.2 Å². The number of benzene rings is 6. The molecule has 0 aliphatic carbocycles. The number of rotatable bonds is 18. The van der Waals surface area contributed by atoms with Crippen molar-refractivity contribution < 1.29 is 47.6 Å². The lowest BCUT2D eigenvalue weighted by molar-refractivity contribution is -0.193. The molecule has 6 aromatic carbocycles. The highest BCUT2D eigenvalue weighted by molar-refractivity contribution is 5.70.